The molecule has 1 N–H and O–H groups in total. The van der Waals surface area contributed by atoms with Crippen molar-refractivity contribution >= 4 is 5.91 Å². The largest absolute Gasteiger partial charge is 0.378 e. The molecule has 1 spiro atoms. The topological polar surface area (TPSA) is 41.6 Å². The van der Waals surface area contributed by atoms with Gasteiger partial charge in [-0.05, 0) is 32.6 Å². The lowest BCUT2D eigenvalue weighted by Gasteiger charge is -2.62. The van der Waals surface area contributed by atoms with Gasteiger partial charge >= 0.3 is 0 Å². The number of likely N-dealkylation sites (N-methyl/N-ethyl adjacent to an activating group) is 1. The number of ether oxygens (including phenoxy) is 1. The molecule has 4 heteroatoms. The van der Waals surface area contributed by atoms with Crippen molar-refractivity contribution < 1.29 is 9.53 Å². The van der Waals surface area contributed by atoms with Crippen LogP contribution in [0.4, 0.5) is 0 Å². The van der Waals surface area contributed by atoms with Crippen LogP contribution >= 0.6 is 0 Å². The number of nitrogens with one attached hydrogen (secondary N) is 1. The Hall–Kier alpha value is -0.610. The summed E-state index contributed by atoms with van der Waals surface area (Å²) in [5.41, 5.74) is 0.427. The van der Waals surface area contributed by atoms with Gasteiger partial charge in [0.05, 0.1) is 6.10 Å². The van der Waals surface area contributed by atoms with Crippen LogP contribution in [0.2, 0.25) is 0 Å². The zero-order valence-corrected chi connectivity index (χ0v) is 12.2. The Labute approximate surface area is 115 Å². The van der Waals surface area contributed by atoms with Gasteiger partial charge in [-0.25, -0.2) is 0 Å². The molecule has 3 atom stereocenters. The van der Waals surface area contributed by atoms with Crippen molar-refractivity contribution in [3.63, 3.8) is 0 Å². The number of hydrogen-bond donors (Lipinski definition) is 1. The first-order chi connectivity index (χ1) is 9.15. The van der Waals surface area contributed by atoms with Crippen molar-refractivity contribution in [3.8, 4) is 0 Å². The number of hydrogen-bond acceptors (Lipinski definition) is 3. The third kappa shape index (κ3) is 2.19. The molecular weight excluding hydrogens is 240 g/mol. The minimum atomic E-state index is 0.289. The highest BCUT2D eigenvalue weighted by molar-refractivity contribution is 5.76. The number of amides is 1. The van der Waals surface area contributed by atoms with Crippen LogP contribution in [0, 0.1) is 5.41 Å². The number of rotatable bonds is 4. The molecule has 1 aliphatic heterocycles. The van der Waals surface area contributed by atoms with Crippen molar-refractivity contribution in [3.05, 3.63) is 0 Å². The second-order valence-corrected chi connectivity index (χ2v) is 6.50. The molecule has 3 aliphatic rings. The summed E-state index contributed by atoms with van der Waals surface area (Å²) in [6.07, 6.45) is 7.31. The number of carbonyl (C=O) groups excluding carboxylic acids is 1. The smallest absolute Gasteiger partial charge is 0.222 e. The van der Waals surface area contributed by atoms with Gasteiger partial charge in [0, 0.05) is 44.1 Å². The molecule has 4 nitrogen and oxygen atoms in total. The predicted octanol–water partition coefficient (Wildman–Crippen LogP) is 1.54. The monoisotopic (exact) mass is 266 g/mol. The maximum absolute atomic E-state index is 11.5. The van der Waals surface area contributed by atoms with E-state index in [4.69, 9.17) is 4.74 Å². The van der Waals surface area contributed by atoms with Crippen LogP contribution in [0.5, 0.6) is 0 Å². The van der Waals surface area contributed by atoms with Crippen molar-refractivity contribution in [1.82, 2.24) is 10.2 Å². The Bertz CT molecular complexity index is 354. The number of carbonyl (C=O) groups is 1. The molecule has 108 valence electrons. The second kappa shape index (κ2) is 5.06. The highest BCUT2D eigenvalue weighted by atomic mass is 16.5. The van der Waals surface area contributed by atoms with E-state index in [-0.39, 0.29) is 5.91 Å². The Kier molecular flexibility index (Phi) is 3.56. The van der Waals surface area contributed by atoms with E-state index in [1.54, 1.807) is 0 Å². The van der Waals surface area contributed by atoms with Crippen LogP contribution in [0.15, 0.2) is 0 Å². The van der Waals surface area contributed by atoms with Gasteiger partial charge in [-0.3, -0.25) is 4.79 Å². The first kappa shape index (κ1) is 13.4. The maximum Gasteiger partial charge on any atom is 0.222 e. The normalized spacial score (nSPS) is 37.1. The molecule has 0 aromatic rings. The molecule has 2 saturated carbocycles. The molecule has 0 aromatic heterocycles. The highest BCUT2D eigenvalue weighted by Crippen LogP contribution is 2.57. The number of piperidine rings is 1. The molecule has 1 saturated heterocycles. The molecule has 19 heavy (non-hydrogen) atoms. The van der Waals surface area contributed by atoms with Crippen molar-refractivity contribution in [2.75, 3.05) is 20.2 Å². The SMILES string of the molecule is CCOC1CC(NC2CCC(=O)N(C)C2)C12CCC2. The van der Waals surface area contributed by atoms with E-state index in [1.165, 1.54) is 19.3 Å². The first-order valence-corrected chi connectivity index (χ1v) is 7.77. The fourth-order valence-electron chi connectivity index (χ4n) is 4.10. The van der Waals surface area contributed by atoms with E-state index >= 15 is 0 Å². The van der Waals surface area contributed by atoms with Gasteiger partial charge < -0.3 is 15.0 Å². The van der Waals surface area contributed by atoms with E-state index in [9.17, 15) is 4.79 Å². The van der Waals surface area contributed by atoms with Gasteiger partial charge in [0.1, 0.15) is 0 Å². The number of nitrogens with zero attached hydrogens (tertiary/aromatic N) is 1. The van der Waals surface area contributed by atoms with Crippen LogP contribution < -0.4 is 5.32 Å². The molecule has 3 fully saturated rings. The molecule has 0 bridgehead atoms. The maximum atomic E-state index is 11.5. The lowest BCUT2D eigenvalue weighted by molar-refractivity contribution is -0.176. The van der Waals surface area contributed by atoms with Crippen LogP contribution in [0.1, 0.15) is 45.4 Å². The summed E-state index contributed by atoms with van der Waals surface area (Å²) in [5.74, 6) is 0.289. The van der Waals surface area contributed by atoms with Crippen LogP contribution in [-0.4, -0.2) is 49.2 Å². The lowest BCUT2D eigenvalue weighted by atomic mass is 9.51. The zero-order chi connectivity index (χ0) is 13.5. The van der Waals surface area contributed by atoms with Gasteiger partial charge in [0.2, 0.25) is 5.91 Å². The summed E-state index contributed by atoms with van der Waals surface area (Å²) >= 11 is 0. The molecule has 0 radical (unpaired) electrons. The van der Waals surface area contributed by atoms with Crippen molar-refractivity contribution in [1.29, 1.82) is 0 Å². The van der Waals surface area contributed by atoms with E-state index < -0.39 is 0 Å². The Morgan fingerprint density at radius 1 is 1.47 bits per heavy atom. The summed E-state index contributed by atoms with van der Waals surface area (Å²) in [7, 11) is 1.92. The highest BCUT2D eigenvalue weighted by Gasteiger charge is 2.59. The van der Waals surface area contributed by atoms with Gasteiger partial charge in [-0.15, -0.1) is 0 Å². The summed E-state index contributed by atoms with van der Waals surface area (Å²) in [6.45, 7) is 3.79. The van der Waals surface area contributed by atoms with Crippen molar-refractivity contribution in [2.45, 2.75) is 63.6 Å². The molecule has 2 aliphatic carbocycles. The Morgan fingerprint density at radius 3 is 2.84 bits per heavy atom. The summed E-state index contributed by atoms with van der Waals surface area (Å²) in [4.78, 5) is 13.4. The average molecular weight is 266 g/mol. The lowest BCUT2D eigenvalue weighted by Crippen LogP contribution is -2.69. The van der Waals surface area contributed by atoms with Crippen LogP contribution in [-0.2, 0) is 9.53 Å². The van der Waals surface area contributed by atoms with Crippen LogP contribution in [0.3, 0.4) is 0 Å². The molecule has 1 amide bonds. The quantitative estimate of drug-likeness (QED) is 0.839. The first-order valence-electron chi connectivity index (χ1n) is 7.77. The average Bonchev–Trinajstić information content (AvgIpc) is 2.30. The molecular formula is C15H26N2O2. The molecule has 3 rings (SSSR count). The molecule has 0 aromatic carbocycles. The summed E-state index contributed by atoms with van der Waals surface area (Å²) < 4.78 is 5.89. The minimum absolute atomic E-state index is 0.289. The van der Waals surface area contributed by atoms with Crippen LogP contribution in [0.25, 0.3) is 0 Å². The van der Waals surface area contributed by atoms with Gasteiger partial charge in [0.25, 0.3) is 0 Å². The summed E-state index contributed by atoms with van der Waals surface area (Å²) in [6, 6.07) is 1.09. The predicted molar refractivity (Wildman–Crippen MR) is 73.9 cm³/mol. The second-order valence-electron chi connectivity index (χ2n) is 6.50. The van der Waals surface area contributed by atoms with Crippen molar-refractivity contribution in [2.24, 2.45) is 5.41 Å². The van der Waals surface area contributed by atoms with Gasteiger partial charge in [-0.2, -0.15) is 0 Å². The van der Waals surface area contributed by atoms with E-state index in [0.717, 1.165) is 26.0 Å². The summed E-state index contributed by atoms with van der Waals surface area (Å²) in [5, 5.41) is 3.81. The van der Waals surface area contributed by atoms with E-state index in [0.29, 0.717) is 30.0 Å². The fraction of sp³-hybridized carbons (Fsp3) is 0.933. The molecule has 1 heterocycles. The molecule has 3 unspecified atom stereocenters. The van der Waals surface area contributed by atoms with E-state index in [1.807, 2.05) is 11.9 Å². The zero-order valence-electron chi connectivity index (χ0n) is 12.2. The van der Waals surface area contributed by atoms with Gasteiger partial charge in [-0.1, -0.05) is 6.42 Å². The van der Waals surface area contributed by atoms with Gasteiger partial charge in [0.15, 0.2) is 0 Å². The number of likely N-dealkylation sites (tertiary alicyclic amines) is 1. The van der Waals surface area contributed by atoms with E-state index in [2.05, 4.69) is 12.2 Å². The fourth-order valence-corrected chi connectivity index (χ4v) is 4.10. The third-order valence-corrected chi connectivity index (χ3v) is 5.50. The Morgan fingerprint density at radius 2 is 2.26 bits per heavy atom. The standard InChI is InChI=1S/C15H26N2O2/c1-3-19-13-9-12(15(13)7-4-8-15)16-11-5-6-14(18)17(2)10-11/h11-13,16H,3-10H2,1-2H3. The minimum Gasteiger partial charge on any atom is -0.378 e. The Balaban J connectivity index is 1.55. The third-order valence-electron chi connectivity index (χ3n) is 5.50.